The topological polar surface area (TPSA) is 141 Å². The molecule has 1 heterocycles. The Balaban J connectivity index is 1.95. The number of rotatable bonds is 5. The van der Waals surface area contributed by atoms with Crippen LogP contribution in [0.3, 0.4) is 0 Å². The van der Waals surface area contributed by atoms with Gasteiger partial charge in [0.25, 0.3) is 11.8 Å². The molecule has 0 unspecified atom stereocenters. The van der Waals surface area contributed by atoms with Gasteiger partial charge < -0.3 is 26.9 Å². The van der Waals surface area contributed by atoms with Crippen molar-refractivity contribution in [1.29, 1.82) is 5.41 Å². The van der Waals surface area contributed by atoms with Crippen molar-refractivity contribution in [3.05, 3.63) is 75.4 Å². The summed E-state index contributed by atoms with van der Waals surface area (Å²) < 4.78 is 0. The number of phenols is 1. The van der Waals surface area contributed by atoms with E-state index in [9.17, 15) is 14.7 Å². The number of aryl methyl sites for hydroxylation is 1. The molecule has 0 atom stereocenters. The molecular weight excluding hydrogens is 430 g/mol. The smallest absolute Gasteiger partial charge is 0.259 e. The van der Waals surface area contributed by atoms with Gasteiger partial charge in [0.05, 0.1) is 21.8 Å². The molecular formula is C23H22ClN5O3. The van der Waals surface area contributed by atoms with Gasteiger partial charge in [-0.1, -0.05) is 17.7 Å². The molecule has 0 aliphatic rings. The molecule has 0 saturated heterocycles. The molecule has 9 heteroatoms. The fourth-order valence-corrected chi connectivity index (χ4v) is 3.34. The van der Waals surface area contributed by atoms with Crippen molar-refractivity contribution >= 4 is 46.3 Å². The first-order valence-corrected chi connectivity index (χ1v) is 9.98. The Bertz CT molecular complexity index is 1240. The maximum absolute atomic E-state index is 13.0. The first kappa shape index (κ1) is 22.8. The van der Waals surface area contributed by atoms with Gasteiger partial charge in [-0.2, -0.15) is 0 Å². The van der Waals surface area contributed by atoms with Gasteiger partial charge in [0.15, 0.2) is 0 Å². The summed E-state index contributed by atoms with van der Waals surface area (Å²) in [6.45, 7) is 5.06. The normalized spacial score (nSPS) is 10.5. The van der Waals surface area contributed by atoms with Gasteiger partial charge in [-0.25, -0.2) is 4.98 Å². The minimum absolute atomic E-state index is 0.0508. The third-order valence-corrected chi connectivity index (χ3v) is 5.10. The van der Waals surface area contributed by atoms with Crippen LogP contribution in [0.15, 0.2) is 42.6 Å². The number of amides is 2. The van der Waals surface area contributed by atoms with Crippen LogP contribution >= 0.6 is 11.6 Å². The van der Waals surface area contributed by atoms with Crippen molar-refractivity contribution in [2.24, 2.45) is 0 Å². The number of hydrogen-bond acceptors (Lipinski definition) is 6. The second-order valence-electron chi connectivity index (χ2n) is 7.30. The average molecular weight is 452 g/mol. The molecule has 3 rings (SSSR count). The van der Waals surface area contributed by atoms with E-state index in [1.807, 2.05) is 0 Å². The van der Waals surface area contributed by atoms with Crippen molar-refractivity contribution in [2.75, 3.05) is 16.4 Å². The summed E-state index contributed by atoms with van der Waals surface area (Å²) in [4.78, 5) is 29.9. The number of nitrogens with two attached hydrogens (primary N) is 1. The Morgan fingerprint density at radius 2 is 1.69 bits per heavy atom. The van der Waals surface area contributed by atoms with Crippen LogP contribution in [0.5, 0.6) is 5.75 Å². The Labute approximate surface area is 190 Å². The summed E-state index contributed by atoms with van der Waals surface area (Å²) in [7, 11) is 0. The van der Waals surface area contributed by atoms with Crippen LogP contribution in [-0.4, -0.2) is 27.6 Å². The van der Waals surface area contributed by atoms with Crippen LogP contribution in [0, 0.1) is 19.3 Å². The Morgan fingerprint density at radius 3 is 2.31 bits per heavy atom. The maximum atomic E-state index is 13.0. The number of aromatic nitrogens is 1. The number of nitrogen functional groups attached to an aromatic ring is 1. The van der Waals surface area contributed by atoms with Crippen LogP contribution in [0.25, 0.3) is 0 Å². The van der Waals surface area contributed by atoms with Crippen molar-refractivity contribution in [3.8, 4) is 5.75 Å². The molecule has 0 spiro atoms. The number of halogens is 1. The zero-order chi connectivity index (χ0) is 23.6. The van der Waals surface area contributed by atoms with Gasteiger partial charge >= 0.3 is 0 Å². The van der Waals surface area contributed by atoms with E-state index in [0.29, 0.717) is 27.4 Å². The van der Waals surface area contributed by atoms with Crippen molar-refractivity contribution < 1.29 is 14.7 Å². The lowest BCUT2D eigenvalue weighted by Crippen LogP contribution is -2.20. The molecule has 164 valence electrons. The Hall–Kier alpha value is -3.91. The number of carbonyl (C=O) groups is 2. The van der Waals surface area contributed by atoms with Gasteiger partial charge in [0.1, 0.15) is 11.6 Å². The molecule has 2 amide bonds. The van der Waals surface area contributed by atoms with Gasteiger partial charge in [0.2, 0.25) is 0 Å². The van der Waals surface area contributed by atoms with Crippen LogP contribution < -0.4 is 16.4 Å². The minimum Gasteiger partial charge on any atom is -0.506 e. The fourth-order valence-electron chi connectivity index (χ4n) is 3.22. The third-order valence-electron chi connectivity index (χ3n) is 4.88. The number of hydrogen-bond donors (Lipinski definition) is 5. The summed E-state index contributed by atoms with van der Waals surface area (Å²) in [5.41, 5.74) is 8.69. The molecule has 32 heavy (non-hydrogen) atoms. The second kappa shape index (κ2) is 9.07. The molecule has 0 radical (unpaired) electrons. The number of phenolic OH excluding ortho intramolecular Hbond substituents is 1. The summed E-state index contributed by atoms with van der Waals surface area (Å²) in [6.07, 6.45) is 1.39. The quantitative estimate of drug-likeness (QED) is 0.220. The van der Waals surface area contributed by atoms with E-state index in [1.54, 1.807) is 32.9 Å². The number of anilines is 3. The molecule has 3 aromatic rings. The van der Waals surface area contributed by atoms with Crippen molar-refractivity contribution in [3.63, 3.8) is 0 Å². The number of nitrogens with zero attached hydrogens (tertiary/aromatic N) is 1. The third kappa shape index (κ3) is 4.70. The molecule has 8 nitrogen and oxygen atoms in total. The van der Waals surface area contributed by atoms with E-state index in [4.69, 9.17) is 22.7 Å². The lowest BCUT2D eigenvalue weighted by molar-refractivity contribution is 0.102. The summed E-state index contributed by atoms with van der Waals surface area (Å²) in [5.74, 6) is -1.18. The van der Waals surface area contributed by atoms with Gasteiger partial charge in [-0.3, -0.25) is 9.59 Å². The number of carbonyl (C=O) groups excluding carboxylic acids is 2. The highest BCUT2D eigenvalue weighted by Gasteiger charge is 2.21. The van der Waals surface area contributed by atoms with E-state index in [2.05, 4.69) is 15.6 Å². The summed E-state index contributed by atoms with van der Waals surface area (Å²) >= 11 is 5.82. The number of aromatic hydroxyl groups is 1. The first-order valence-electron chi connectivity index (χ1n) is 9.61. The van der Waals surface area contributed by atoms with Gasteiger partial charge in [-0.15, -0.1) is 0 Å². The van der Waals surface area contributed by atoms with Crippen molar-refractivity contribution in [1.82, 2.24) is 4.98 Å². The minimum atomic E-state index is -0.599. The molecule has 0 saturated carbocycles. The first-order chi connectivity index (χ1) is 15.1. The van der Waals surface area contributed by atoms with Crippen molar-refractivity contribution in [2.45, 2.75) is 20.8 Å². The predicted molar refractivity (Wildman–Crippen MR) is 126 cm³/mol. The highest BCUT2D eigenvalue weighted by Crippen LogP contribution is 2.31. The number of nitrogens with one attached hydrogen (secondary N) is 3. The fraction of sp³-hybridized carbons (Fsp3) is 0.130. The lowest BCUT2D eigenvalue weighted by Gasteiger charge is -2.16. The van der Waals surface area contributed by atoms with Gasteiger partial charge in [0, 0.05) is 17.6 Å². The number of pyridine rings is 1. The summed E-state index contributed by atoms with van der Waals surface area (Å²) in [6, 6.07) is 9.22. The summed E-state index contributed by atoms with van der Waals surface area (Å²) in [5, 5.41) is 23.9. The van der Waals surface area contributed by atoms with E-state index in [-0.39, 0.29) is 34.1 Å². The van der Waals surface area contributed by atoms with Crippen LogP contribution in [0.1, 0.15) is 44.3 Å². The molecule has 2 aromatic carbocycles. The van der Waals surface area contributed by atoms with E-state index < -0.39 is 11.8 Å². The highest BCUT2D eigenvalue weighted by atomic mass is 35.5. The maximum Gasteiger partial charge on any atom is 0.259 e. The lowest BCUT2D eigenvalue weighted by atomic mass is 9.98. The van der Waals surface area contributed by atoms with E-state index >= 15 is 0 Å². The SMILES string of the molecule is CC(=N)c1ccc(C(=O)Nc2c(O)cc(C)cc2C(=O)Nc2ccc(Cl)cn2)c(N)c1C. The average Bonchev–Trinajstić information content (AvgIpc) is 2.72. The Kier molecular flexibility index (Phi) is 6.45. The molecule has 0 aliphatic carbocycles. The molecule has 0 fully saturated rings. The molecule has 0 bridgehead atoms. The standard InChI is InChI=1S/C23H22ClN5O3/c1-11-8-17(23(32)28-19-7-4-14(24)10-27-19)21(18(30)9-11)29-22(31)16-6-5-15(13(3)25)12(2)20(16)26/h4-10,25,30H,26H2,1-3H3,(H,29,31)(H,27,28,32). The predicted octanol–water partition coefficient (Wildman–Crippen LogP) is 4.53. The van der Waals surface area contributed by atoms with Crippen LogP contribution in [-0.2, 0) is 0 Å². The van der Waals surface area contributed by atoms with E-state index in [1.165, 1.54) is 30.5 Å². The second-order valence-corrected chi connectivity index (χ2v) is 7.74. The van der Waals surface area contributed by atoms with Crippen LogP contribution in [0.4, 0.5) is 17.2 Å². The monoisotopic (exact) mass is 451 g/mol. The Morgan fingerprint density at radius 1 is 1.03 bits per heavy atom. The highest BCUT2D eigenvalue weighted by molar-refractivity contribution is 6.30. The number of benzene rings is 2. The van der Waals surface area contributed by atoms with E-state index in [0.717, 1.165) is 0 Å². The zero-order valence-electron chi connectivity index (χ0n) is 17.7. The molecule has 1 aromatic heterocycles. The zero-order valence-corrected chi connectivity index (χ0v) is 18.5. The molecule has 6 N–H and O–H groups in total. The van der Waals surface area contributed by atoms with Gasteiger partial charge in [-0.05, 0) is 67.8 Å². The van der Waals surface area contributed by atoms with Crippen LogP contribution in [0.2, 0.25) is 5.02 Å². The largest absolute Gasteiger partial charge is 0.506 e. The molecule has 0 aliphatic heterocycles.